The van der Waals surface area contributed by atoms with Crippen LogP contribution in [-0.2, 0) is 22.8 Å². The number of nitrogens with zero attached hydrogens (tertiary/aromatic N) is 1. The topological polar surface area (TPSA) is 94.2 Å². The summed E-state index contributed by atoms with van der Waals surface area (Å²) < 4.78 is 18.2. The van der Waals surface area contributed by atoms with Crippen molar-refractivity contribution in [3.8, 4) is 17.2 Å². The number of hydrogen-bond donors (Lipinski definition) is 1. The fourth-order valence-corrected chi connectivity index (χ4v) is 5.19. The highest BCUT2D eigenvalue weighted by Gasteiger charge is 2.37. The standard InChI is InChI=1S/C33H27IN2O6/c1-21-7-6-10-23(15-21)20-42-30-28(34)17-24(18-29(30)40-2)16-27-31(37)35-33(39)36(32(27)38)25-11-13-26(14-12-25)41-19-22-8-4-3-5-9-22/h3-18H,19-20H2,1-2H3,(H,35,37,39)/b27-16+. The minimum atomic E-state index is -0.827. The molecule has 0 radical (unpaired) electrons. The van der Waals surface area contributed by atoms with Gasteiger partial charge in [-0.3, -0.25) is 14.9 Å². The Labute approximate surface area is 257 Å². The van der Waals surface area contributed by atoms with E-state index >= 15 is 0 Å². The van der Waals surface area contributed by atoms with Crippen LogP contribution in [0.3, 0.4) is 0 Å². The summed E-state index contributed by atoms with van der Waals surface area (Å²) in [4.78, 5) is 39.8. The van der Waals surface area contributed by atoms with Gasteiger partial charge in [-0.1, -0.05) is 60.2 Å². The molecule has 1 saturated heterocycles. The number of ether oxygens (including phenoxy) is 3. The Balaban J connectivity index is 1.35. The van der Waals surface area contributed by atoms with E-state index < -0.39 is 17.8 Å². The zero-order valence-electron chi connectivity index (χ0n) is 22.9. The number of barbiturate groups is 1. The molecule has 0 bridgehead atoms. The van der Waals surface area contributed by atoms with Crippen molar-refractivity contribution in [1.29, 1.82) is 0 Å². The molecule has 42 heavy (non-hydrogen) atoms. The monoisotopic (exact) mass is 674 g/mol. The maximum absolute atomic E-state index is 13.4. The summed E-state index contributed by atoms with van der Waals surface area (Å²) in [5.41, 5.74) is 3.81. The van der Waals surface area contributed by atoms with Crippen molar-refractivity contribution in [3.63, 3.8) is 0 Å². The molecule has 0 atom stereocenters. The lowest BCUT2D eigenvalue weighted by molar-refractivity contribution is -0.122. The SMILES string of the molecule is COc1cc(/C=C2\C(=O)NC(=O)N(c3ccc(OCc4ccccc4)cc3)C2=O)cc(I)c1OCc1cccc(C)c1. The number of urea groups is 1. The summed E-state index contributed by atoms with van der Waals surface area (Å²) in [7, 11) is 1.52. The van der Waals surface area contributed by atoms with Crippen molar-refractivity contribution in [2.24, 2.45) is 0 Å². The number of benzene rings is 4. The van der Waals surface area contributed by atoms with Crippen LogP contribution in [0.1, 0.15) is 22.3 Å². The lowest BCUT2D eigenvalue weighted by Gasteiger charge is -2.26. The number of anilines is 1. The van der Waals surface area contributed by atoms with Gasteiger partial charge in [0.15, 0.2) is 11.5 Å². The number of halogens is 1. The second kappa shape index (κ2) is 12.9. The lowest BCUT2D eigenvalue weighted by Crippen LogP contribution is -2.54. The molecule has 4 amide bonds. The summed E-state index contributed by atoms with van der Waals surface area (Å²) in [6.45, 7) is 2.75. The fraction of sp³-hybridized carbons (Fsp3) is 0.121. The highest BCUT2D eigenvalue weighted by molar-refractivity contribution is 14.1. The molecule has 8 nitrogen and oxygen atoms in total. The summed E-state index contributed by atoms with van der Waals surface area (Å²) in [5, 5.41) is 2.26. The Morgan fingerprint density at radius 3 is 2.26 bits per heavy atom. The van der Waals surface area contributed by atoms with E-state index in [2.05, 4.69) is 27.9 Å². The molecule has 0 spiro atoms. The summed E-state index contributed by atoms with van der Waals surface area (Å²) in [5.74, 6) is 0.0515. The van der Waals surface area contributed by atoms with Crippen LogP contribution in [0, 0.1) is 10.5 Å². The Morgan fingerprint density at radius 1 is 0.833 bits per heavy atom. The third kappa shape index (κ3) is 6.63. The predicted molar refractivity (Wildman–Crippen MR) is 167 cm³/mol. The van der Waals surface area contributed by atoms with Crippen LogP contribution < -0.4 is 24.4 Å². The first-order chi connectivity index (χ1) is 20.3. The number of imide groups is 2. The average molecular weight is 674 g/mol. The second-order valence-corrected chi connectivity index (χ2v) is 10.7. The summed E-state index contributed by atoms with van der Waals surface area (Å²) in [6, 6.07) is 26.9. The molecule has 5 rings (SSSR count). The summed E-state index contributed by atoms with van der Waals surface area (Å²) >= 11 is 2.12. The van der Waals surface area contributed by atoms with Gasteiger partial charge in [-0.25, -0.2) is 9.69 Å². The number of amides is 4. The molecule has 1 heterocycles. The molecule has 4 aromatic rings. The average Bonchev–Trinajstić information content (AvgIpc) is 2.98. The highest BCUT2D eigenvalue weighted by Crippen LogP contribution is 2.36. The van der Waals surface area contributed by atoms with Gasteiger partial charge in [0.1, 0.15) is 24.5 Å². The van der Waals surface area contributed by atoms with Crippen LogP contribution in [0.2, 0.25) is 0 Å². The Bertz CT molecular complexity index is 1670. The maximum atomic E-state index is 13.4. The molecule has 1 fully saturated rings. The van der Waals surface area contributed by atoms with E-state index in [1.807, 2.05) is 61.5 Å². The van der Waals surface area contributed by atoms with Crippen molar-refractivity contribution in [2.45, 2.75) is 20.1 Å². The van der Waals surface area contributed by atoms with E-state index in [0.717, 1.165) is 25.2 Å². The minimum absolute atomic E-state index is 0.190. The van der Waals surface area contributed by atoms with Gasteiger partial charge in [0, 0.05) is 0 Å². The van der Waals surface area contributed by atoms with Crippen molar-refractivity contribution in [3.05, 3.63) is 122 Å². The largest absolute Gasteiger partial charge is 0.493 e. The van der Waals surface area contributed by atoms with Crippen LogP contribution in [-0.4, -0.2) is 25.0 Å². The van der Waals surface area contributed by atoms with Gasteiger partial charge < -0.3 is 14.2 Å². The molecule has 0 saturated carbocycles. The van der Waals surface area contributed by atoms with Gasteiger partial charge in [0.25, 0.3) is 11.8 Å². The summed E-state index contributed by atoms with van der Waals surface area (Å²) in [6.07, 6.45) is 1.43. The van der Waals surface area contributed by atoms with Gasteiger partial charge in [0.05, 0.1) is 16.4 Å². The second-order valence-electron chi connectivity index (χ2n) is 9.54. The van der Waals surface area contributed by atoms with Crippen molar-refractivity contribution >= 4 is 52.2 Å². The number of hydrogen-bond acceptors (Lipinski definition) is 6. The van der Waals surface area contributed by atoms with Crippen LogP contribution in [0.25, 0.3) is 6.08 Å². The number of rotatable bonds is 9. The third-order valence-electron chi connectivity index (χ3n) is 6.47. The van der Waals surface area contributed by atoms with E-state index in [-0.39, 0.29) is 5.57 Å². The molecule has 0 aromatic heterocycles. The van der Waals surface area contributed by atoms with E-state index in [0.29, 0.717) is 41.7 Å². The van der Waals surface area contributed by atoms with Crippen molar-refractivity contribution < 1.29 is 28.6 Å². The van der Waals surface area contributed by atoms with E-state index in [4.69, 9.17) is 14.2 Å². The van der Waals surface area contributed by atoms with Gasteiger partial charge in [-0.2, -0.15) is 0 Å². The Morgan fingerprint density at radius 2 is 1.55 bits per heavy atom. The Hall–Kier alpha value is -4.64. The smallest absolute Gasteiger partial charge is 0.335 e. The molecular formula is C33H27IN2O6. The number of carbonyl (C=O) groups is 3. The number of nitrogens with one attached hydrogen (secondary N) is 1. The molecule has 4 aromatic carbocycles. The van der Waals surface area contributed by atoms with E-state index in [1.165, 1.54) is 13.2 Å². The maximum Gasteiger partial charge on any atom is 0.335 e. The number of carbonyl (C=O) groups excluding carboxylic acids is 3. The third-order valence-corrected chi connectivity index (χ3v) is 7.27. The van der Waals surface area contributed by atoms with Crippen LogP contribution in [0.4, 0.5) is 10.5 Å². The first-order valence-electron chi connectivity index (χ1n) is 13.1. The van der Waals surface area contributed by atoms with Gasteiger partial charge in [-0.15, -0.1) is 0 Å². The quantitative estimate of drug-likeness (QED) is 0.125. The van der Waals surface area contributed by atoms with Gasteiger partial charge >= 0.3 is 6.03 Å². The predicted octanol–water partition coefficient (Wildman–Crippen LogP) is 6.43. The lowest BCUT2D eigenvalue weighted by atomic mass is 10.1. The number of methoxy groups -OCH3 is 1. The highest BCUT2D eigenvalue weighted by atomic mass is 127. The number of aryl methyl sites for hydroxylation is 1. The minimum Gasteiger partial charge on any atom is -0.493 e. The molecule has 1 aliphatic rings. The van der Waals surface area contributed by atoms with E-state index in [9.17, 15) is 14.4 Å². The molecule has 9 heteroatoms. The molecule has 1 aliphatic heterocycles. The fourth-order valence-electron chi connectivity index (χ4n) is 4.41. The molecule has 212 valence electrons. The van der Waals surface area contributed by atoms with Gasteiger partial charge in [-0.05, 0) is 88.7 Å². The van der Waals surface area contributed by atoms with Gasteiger partial charge in [0.2, 0.25) is 0 Å². The first kappa shape index (κ1) is 28.9. The normalized spacial score (nSPS) is 14.1. The Kier molecular flexibility index (Phi) is 8.87. The zero-order chi connectivity index (χ0) is 29.6. The molecule has 0 unspecified atom stereocenters. The zero-order valence-corrected chi connectivity index (χ0v) is 25.1. The van der Waals surface area contributed by atoms with Crippen molar-refractivity contribution in [1.82, 2.24) is 5.32 Å². The van der Waals surface area contributed by atoms with Crippen molar-refractivity contribution in [2.75, 3.05) is 12.0 Å². The van der Waals surface area contributed by atoms with Crippen LogP contribution >= 0.6 is 22.6 Å². The molecule has 1 N–H and O–H groups in total. The first-order valence-corrected chi connectivity index (χ1v) is 14.1. The molecule has 0 aliphatic carbocycles. The van der Waals surface area contributed by atoms with E-state index in [1.54, 1.807) is 36.4 Å². The van der Waals surface area contributed by atoms with Crippen LogP contribution in [0.5, 0.6) is 17.2 Å². The molecular weight excluding hydrogens is 647 g/mol. The van der Waals surface area contributed by atoms with Crippen LogP contribution in [0.15, 0.2) is 96.6 Å².